The number of alkyl halides is 1. The molecule has 3 aliphatic rings. The monoisotopic (exact) mass is 550 g/mol. The van der Waals surface area contributed by atoms with Crippen LogP contribution in [0.5, 0.6) is 11.5 Å². The van der Waals surface area contributed by atoms with Crippen LogP contribution in [0.4, 0.5) is 5.69 Å². The van der Waals surface area contributed by atoms with Crippen LogP contribution in [0.1, 0.15) is 32.1 Å². The summed E-state index contributed by atoms with van der Waals surface area (Å²) in [5, 5.41) is 0. The van der Waals surface area contributed by atoms with E-state index < -0.39 is 27.0 Å². The van der Waals surface area contributed by atoms with Crippen molar-refractivity contribution in [3.63, 3.8) is 0 Å². The van der Waals surface area contributed by atoms with Crippen LogP contribution in [-0.2, 0) is 7.19 Å². The molecule has 0 bridgehead atoms. The van der Waals surface area contributed by atoms with E-state index in [1.807, 2.05) is 12.1 Å². The molecule has 0 N–H and O–H groups in total. The van der Waals surface area contributed by atoms with Crippen molar-refractivity contribution in [3.05, 3.63) is 18.2 Å². The van der Waals surface area contributed by atoms with Gasteiger partial charge in [0.2, 0.25) is 6.79 Å². The Morgan fingerprint density at radius 2 is 1.80 bits per heavy atom. The third kappa shape index (κ3) is 5.34. The molecule has 2 heterocycles. The molecule has 170 valence electrons. The van der Waals surface area contributed by atoms with E-state index >= 15 is 0 Å². The quantitative estimate of drug-likeness (QED) is 0.257. The van der Waals surface area contributed by atoms with Crippen molar-refractivity contribution < 1.29 is 37.7 Å². The maximum absolute atomic E-state index is 12.2. The summed E-state index contributed by atoms with van der Waals surface area (Å²) in [5.74, 6) is 2.50. The molecule has 0 atom stereocenters. The van der Waals surface area contributed by atoms with Gasteiger partial charge in [0, 0.05) is 0 Å². The number of rotatable bonds is 7. The number of anilines is 1. The van der Waals surface area contributed by atoms with Gasteiger partial charge in [-0.2, -0.15) is 0 Å². The standard InChI is InChI=1S/C21H33IN3O4S/c1-23(2)30(26,27)22-18-8-6-17(7-9-18)10-11-24-12-14-25(15-13-24)19-4-3-5-20-21(19)29-16-28-20/h3-5,17-18H,6-16H2,1-2H3/q-1. The first-order valence-corrected chi connectivity index (χ1v) is 16.1. The fraction of sp³-hybridized carbons (Fsp3) is 0.714. The van der Waals surface area contributed by atoms with Crippen molar-refractivity contribution in [1.82, 2.24) is 9.21 Å². The van der Waals surface area contributed by atoms with Gasteiger partial charge < -0.3 is 9.47 Å². The minimum absolute atomic E-state index is 0.317. The van der Waals surface area contributed by atoms with Crippen LogP contribution >= 0.6 is 0 Å². The van der Waals surface area contributed by atoms with Gasteiger partial charge in [-0.25, -0.2) is 0 Å². The second kappa shape index (κ2) is 9.79. The fourth-order valence-electron chi connectivity index (χ4n) is 4.48. The summed E-state index contributed by atoms with van der Waals surface area (Å²) < 4.78 is 37.3. The molecule has 30 heavy (non-hydrogen) atoms. The van der Waals surface area contributed by atoms with E-state index in [0.717, 1.165) is 68.7 Å². The van der Waals surface area contributed by atoms with E-state index in [9.17, 15) is 8.42 Å². The van der Waals surface area contributed by atoms with Crippen LogP contribution in [0.15, 0.2) is 18.2 Å². The Bertz CT molecular complexity index is 820. The summed E-state index contributed by atoms with van der Waals surface area (Å²) in [6.45, 7) is 5.65. The van der Waals surface area contributed by atoms with Crippen LogP contribution < -0.4 is 34.2 Å². The number of hydrogen-bond donors (Lipinski definition) is 0. The third-order valence-corrected chi connectivity index (χ3v) is 15.4. The summed E-state index contributed by atoms with van der Waals surface area (Å²) in [7, 11) is 0.355. The second-order valence-electron chi connectivity index (χ2n) is 8.56. The van der Waals surface area contributed by atoms with E-state index in [2.05, 4.69) is 15.9 Å². The maximum atomic E-state index is 12.2. The van der Waals surface area contributed by atoms with Crippen molar-refractivity contribution in [2.45, 2.75) is 36.0 Å². The van der Waals surface area contributed by atoms with E-state index in [-0.39, 0.29) is 0 Å². The van der Waals surface area contributed by atoms with Gasteiger partial charge in [0.05, 0.1) is 0 Å². The Labute approximate surface area is 189 Å². The molecule has 1 aromatic rings. The van der Waals surface area contributed by atoms with Gasteiger partial charge in [-0.1, -0.05) is 6.07 Å². The molecule has 2 fully saturated rings. The number of benzene rings is 1. The van der Waals surface area contributed by atoms with Gasteiger partial charge in [-0.3, -0.25) is 0 Å². The van der Waals surface area contributed by atoms with E-state index in [1.165, 1.54) is 23.6 Å². The molecule has 1 saturated heterocycles. The normalized spacial score (nSPS) is 25.2. The first-order valence-electron chi connectivity index (χ1n) is 10.9. The Hall–Kier alpha value is -0.780. The van der Waals surface area contributed by atoms with Crippen molar-refractivity contribution in [2.24, 2.45) is 5.92 Å². The van der Waals surface area contributed by atoms with Crippen molar-refractivity contribution in [1.29, 1.82) is 0 Å². The zero-order valence-electron chi connectivity index (χ0n) is 17.9. The van der Waals surface area contributed by atoms with Crippen LogP contribution in [0.3, 0.4) is 0 Å². The summed E-state index contributed by atoms with van der Waals surface area (Å²) in [6, 6.07) is 6.13. The molecule has 7 nitrogen and oxygen atoms in total. The van der Waals surface area contributed by atoms with Crippen molar-refractivity contribution >= 4 is 12.9 Å². The molecule has 0 radical (unpaired) electrons. The number of nitrogens with zero attached hydrogens (tertiary/aromatic N) is 3. The zero-order chi connectivity index (χ0) is 21.1. The molecule has 9 heteroatoms. The molecule has 4 rings (SSSR count). The van der Waals surface area contributed by atoms with E-state index in [4.69, 9.17) is 9.47 Å². The Morgan fingerprint density at radius 1 is 1.07 bits per heavy atom. The molecular weight excluding hydrogens is 517 g/mol. The molecule has 0 unspecified atom stereocenters. The van der Waals surface area contributed by atoms with Gasteiger partial charge in [0.1, 0.15) is 0 Å². The van der Waals surface area contributed by atoms with Gasteiger partial charge in [0.15, 0.2) is 5.75 Å². The molecule has 1 aliphatic carbocycles. The van der Waals surface area contributed by atoms with Crippen LogP contribution in [0.2, 0.25) is 0 Å². The van der Waals surface area contributed by atoms with Gasteiger partial charge in [-0.05, 0) is 6.07 Å². The topological polar surface area (TPSA) is 62.3 Å². The molecule has 0 aromatic heterocycles. The molecule has 2 aliphatic heterocycles. The molecule has 1 saturated carbocycles. The molecular formula is C21H33IN3O4S-. The summed E-state index contributed by atoms with van der Waals surface area (Å²) in [4.78, 5) is 4.98. The van der Waals surface area contributed by atoms with Crippen LogP contribution in [0.25, 0.3) is 0 Å². The number of fused-ring (bicyclic) bond motifs is 1. The first kappa shape index (κ1) is 22.4. The van der Waals surface area contributed by atoms with E-state index in [0.29, 0.717) is 10.7 Å². The number of hydrogen-bond acceptors (Lipinski definition) is 6. The Balaban J connectivity index is 1.18. The van der Waals surface area contributed by atoms with Gasteiger partial charge >= 0.3 is 156 Å². The minimum atomic E-state index is -2.96. The molecule has 0 spiro atoms. The van der Waals surface area contributed by atoms with Crippen LogP contribution in [0, 0.1) is 5.92 Å². The number of para-hydroxylation sites is 1. The SMILES string of the molecule is CN(C)S(=O)(=O)[I-]C1CCC(CCN2CCN(c3cccc4c3OCO4)CC2)CC1. The van der Waals surface area contributed by atoms with Gasteiger partial charge in [-0.15, -0.1) is 0 Å². The number of halogens is 1. The summed E-state index contributed by atoms with van der Waals surface area (Å²) in [6.07, 6.45) is 5.82. The predicted molar refractivity (Wildman–Crippen MR) is 114 cm³/mol. The average molecular weight is 550 g/mol. The van der Waals surface area contributed by atoms with Crippen molar-refractivity contribution in [3.8, 4) is 11.5 Å². The Kier molecular flexibility index (Phi) is 7.31. The summed E-state index contributed by atoms with van der Waals surface area (Å²) >= 11 is -0.792. The second-order valence-corrected chi connectivity index (χ2v) is 16.9. The predicted octanol–water partition coefficient (Wildman–Crippen LogP) is -0.618. The Morgan fingerprint density at radius 3 is 2.50 bits per heavy atom. The number of ether oxygens (including phenoxy) is 2. The first-order chi connectivity index (χ1) is 14.4. The van der Waals surface area contributed by atoms with E-state index in [1.54, 1.807) is 14.1 Å². The fourth-order valence-corrected chi connectivity index (χ4v) is 11.5. The third-order valence-electron chi connectivity index (χ3n) is 6.39. The zero-order valence-corrected chi connectivity index (χ0v) is 20.9. The van der Waals surface area contributed by atoms with Crippen LogP contribution in [-0.4, -0.2) is 75.2 Å². The molecule has 0 amide bonds. The number of piperazine rings is 1. The van der Waals surface area contributed by atoms with Gasteiger partial charge in [0.25, 0.3) is 0 Å². The molecule has 1 aromatic carbocycles. The van der Waals surface area contributed by atoms with Crippen molar-refractivity contribution in [2.75, 3.05) is 58.5 Å². The average Bonchev–Trinajstić information content (AvgIpc) is 3.22. The summed E-state index contributed by atoms with van der Waals surface area (Å²) in [5.41, 5.74) is 1.15.